The molecule has 37 heavy (non-hydrogen) atoms. The minimum atomic E-state index is -1.18. The predicted octanol–water partition coefficient (Wildman–Crippen LogP) is 5.44. The average molecular weight is 506 g/mol. The van der Waals surface area contributed by atoms with Crippen LogP contribution in [0.3, 0.4) is 0 Å². The number of carbonyl (C=O) groups excluding carboxylic acids is 3. The number of nitrogens with one attached hydrogen (secondary N) is 1. The predicted molar refractivity (Wildman–Crippen MR) is 137 cm³/mol. The van der Waals surface area contributed by atoms with Crippen LogP contribution in [0.2, 0.25) is 0 Å². The van der Waals surface area contributed by atoms with Crippen molar-refractivity contribution in [2.75, 3.05) is 6.61 Å². The van der Waals surface area contributed by atoms with Crippen molar-refractivity contribution in [2.24, 2.45) is 5.92 Å². The van der Waals surface area contributed by atoms with Gasteiger partial charge in [0.1, 0.15) is 25.0 Å². The number of esters is 1. The molecule has 3 aromatic rings. The Morgan fingerprint density at radius 1 is 0.730 bits per heavy atom. The lowest BCUT2D eigenvalue weighted by atomic mass is 10.1. The molecule has 1 amide bonds. The van der Waals surface area contributed by atoms with Gasteiger partial charge in [0.15, 0.2) is 0 Å². The van der Waals surface area contributed by atoms with Crippen LogP contribution in [-0.4, -0.2) is 30.9 Å². The van der Waals surface area contributed by atoms with Crippen molar-refractivity contribution in [2.45, 2.75) is 39.5 Å². The third-order valence-electron chi connectivity index (χ3n) is 5.12. The van der Waals surface area contributed by atoms with Crippen molar-refractivity contribution in [3.05, 3.63) is 102 Å². The first kappa shape index (κ1) is 27.3. The molecule has 0 spiro atoms. The summed E-state index contributed by atoms with van der Waals surface area (Å²) in [6, 6.07) is 24.8. The molecule has 0 bridgehead atoms. The zero-order valence-electron chi connectivity index (χ0n) is 20.9. The number of hydrogen-bond donors (Lipinski definition) is 1. The molecule has 0 radical (unpaired) electrons. The maximum Gasteiger partial charge on any atom is 0.516 e. The van der Waals surface area contributed by atoms with Gasteiger partial charge in [-0.05, 0) is 34.7 Å². The van der Waals surface area contributed by atoms with E-state index in [-0.39, 0.29) is 25.6 Å². The Morgan fingerprint density at radius 3 is 1.92 bits per heavy atom. The molecule has 0 aromatic heterocycles. The van der Waals surface area contributed by atoms with Crippen LogP contribution in [0.5, 0.6) is 5.75 Å². The second kappa shape index (κ2) is 14.3. The van der Waals surface area contributed by atoms with Crippen molar-refractivity contribution in [1.29, 1.82) is 0 Å². The molecule has 0 aliphatic carbocycles. The molecule has 194 valence electrons. The highest BCUT2D eigenvalue weighted by Crippen LogP contribution is 2.16. The Bertz CT molecular complexity index is 1130. The molecule has 1 N–H and O–H groups in total. The van der Waals surface area contributed by atoms with E-state index in [1.54, 1.807) is 24.3 Å². The molecule has 0 saturated heterocycles. The van der Waals surface area contributed by atoms with E-state index in [0.717, 1.165) is 11.1 Å². The Labute approximate surface area is 216 Å². The fraction of sp³-hybridized carbons (Fsp3) is 0.276. The summed E-state index contributed by atoms with van der Waals surface area (Å²) in [7, 11) is 0. The largest absolute Gasteiger partial charge is 0.516 e. The van der Waals surface area contributed by atoms with Gasteiger partial charge in [0.05, 0.1) is 6.61 Å². The number of ether oxygens (including phenoxy) is 4. The van der Waals surface area contributed by atoms with Gasteiger partial charge in [-0.1, -0.05) is 86.6 Å². The van der Waals surface area contributed by atoms with Crippen molar-refractivity contribution in [3.63, 3.8) is 0 Å². The standard InChI is InChI=1S/C29H31NO7/c1-21(2)18-36-29(33)37-27(31)26(30-28(32)35-20-24-11-7-4-8-12-24)17-22-13-15-25(16-14-22)34-19-23-9-5-3-6-10-23/h3-16,21,26H,17-20H2,1-2H3,(H,30,32)/t26-/m0/s1. The number of alkyl carbamates (subject to hydrolysis) is 1. The van der Waals surface area contributed by atoms with Gasteiger partial charge in [0, 0.05) is 6.42 Å². The molecule has 0 fully saturated rings. The lowest BCUT2D eigenvalue weighted by Crippen LogP contribution is -2.44. The van der Waals surface area contributed by atoms with E-state index >= 15 is 0 Å². The number of carbonyl (C=O) groups is 3. The highest BCUT2D eigenvalue weighted by molar-refractivity contribution is 5.88. The zero-order chi connectivity index (χ0) is 26.5. The van der Waals surface area contributed by atoms with Gasteiger partial charge < -0.3 is 24.3 Å². The van der Waals surface area contributed by atoms with Crippen LogP contribution in [0.4, 0.5) is 9.59 Å². The van der Waals surface area contributed by atoms with Crippen LogP contribution in [-0.2, 0) is 38.6 Å². The molecule has 8 heteroatoms. The fourth-order valence-electron chi connectivity index (χ4n) is 3.22. The summed E-state index contributed by atoms with van der Waals surface area (Å²) in [4.78, 5) is 37.1. The summed E-state index contributed by atoms with van der Waals surface area (Å²) >= 11 is 0. The average Bonchev–Trinajstić information content (AvgIpc) is 2.91. The summed E-state index contributed by atoms with van der Waals surface area (Å²) < 4.78 is 20.8. The summed E-state index contributed by atoms with van der Waals surface area (Å²) in [6.07, 6.45) is -1.87. The molecule has 0 heterocycles. The Morgan fingerprint density at radius 2 is 1.32 bits per heavy atom. The molecule has 3 aromatic carbocycles. The van der Waals surface area contributed by atoms with E-state index in [1.807, 2.05) is 74.5 Å². The Kier molecular flexibility index (Phi) is 10.5. The van der Waals surface area contributed by atoms with Crippen LogP contribution in [0, 0.1) is 5.92 Å². The maximum absolute atomic E-state index is 12.7. The maximum atomic E-state index is 12.7. The van der Waals surface area contributed by atoms with E-state index in [0.29, 0.717) is 17.9 Å². The number of amides is 1. The molecule has 1 atom stereocenters. The highest BCUT2D eigenvalue weighted by Gasteiger charge is 2.26. The minimum absolute atomic E-state index is 0.0261. The number of rotatable bonds is 11. The van der Waals surface area contributed by atoms with E-state index in [1.165, 1.54) is 0 Å². The van der Waals surface area contributed by atoms with Crippen molar-refractivity contribution in [1.82, 2.24) is 5.32 Å². The summed E-state index contributed by atoms with van der Waals surface area (Å²) in [6.45, 7) is 4.26. The molecule has 3 rings (SSSR count). The molecular weight excluding hydrogens is 474 g/mol. The third-order valence-corrected chi connectivity index (χ3v) is 5.12. The van der Waals surface area contributed by atoms with E-state index in [2.05, 4.69) is 5.32 Å². The summed E-state index contributed by atoms with van der Waals surface area (Å²) in [5.74, 6) is -0.221. The Balaban J connectivity index is 1.61. The lowest BCUT2D eigenvalue weighted by molar-refractivity contribution is -0.142. The molecule has 8 nitrogen and oxygen atoms in total. The van der Waals surface area contributed by atoms with Gasteiger partial charge in [0.2, 0.25) is 0 Å². The molecule has 0 saturated carbocycles. The molecule has 0 aliphatic heterocycles. The Hall–Kier alpha value is -4.33. The first-order chi connectivity index (χ1) is 17.9. The number of benzene rings is 3. The van der Waals surface area contributed by atoms with Crippen molar-refractivity contribution >= 4 is 18.2 Å². The van der Waals surface area contributed by atoms with Gasteiger partial charge in [-0.3, -0.25) is 0 Å². The summed E-state index contributed by atoms with van der Waals surface area (Å²) in [5.41, 5.74) is 2.55. The fourth-order valence-corrected chi connectivity index (χ4v) is 3.22. The third kappa shape index (κ3) is 10.0. The van der Waals surface area contributed by atoms with Crippen LogP contribution in [0.15, 0.2) is 84.9 Å². The summed E-state index contributed by atoms with van der Waals surface area (Å²) in [5, 5.41) is 2.49. The van der Waals surface area contributed by atoms with Crippen molar-refractivity contribution in [3.8, 4) is 5.75 Å². The topological polar surface area (TPSA) is 100 Å². The van der Waals surface area contributed by atoms with Crippen LogP contribution in [0.1, 0.15) is 30.5 Å². The zero-order valence-corrected chi connectivity index (χ0v) is 20.9. The smallest absolute Gasteiger partial charge is 0.489 e. The second-order valence-corrected chi connectivity index (χ2v) is 8.76. The number of hydrogen-bond acceptors (Lipinski definition) is 7. The normalized spacial score (nSPS) is 11.3. The first-order valence-electron chi connectivity index (χ1n) is 12.0. The molecule has 0 aliphatic rings. The van der Waals surface area contributed by atoms with Gasteiger partial charge in [-0.2, -0.15) is 0 Å². The van der Waals surface area contributed by atoms with E-state index in [4.69, 9.17) is 18.9 Å². The quantitative estimate of drug-likeness (QED) is 0.274. The van der Waals surface area contributed by atoms with Gasteiger partial charge in [-0.15, -0.1) is 0 Å². The molecule has 0 unspecified atom stereocenters. The first-order valence-corrected chi connectivity index (χ1v) is 12.0. The van der Waals surface area contributed by atoms with Crippen LogP contribution < -0.4 is 10.1 Å². The SMILES string of the molecule is CC(C)COC(=O)OC(=O)[C@H](Cc1ccc(OCc2ccccc2)cc1)NC(=O)OCc1ccccc1. The van der Waals surface area contributed by atoms with E-state index in [9.17, 15) is 14.4 Å². The van der Waals surface area contributed by atoms with Crippen molar-refractivity contribution < 1.29 is 33.3 Å². The second-order valence-electron chi connectivity index (χ2n) is 8.76. The highest BCUT2D eigenvalue weighted by atomic mass is 16.7. The lowest BCUT2D eigenvalue weighted by Gasteiger charge is -2.17. The van der Waals surface area contributed by atoms with Gasteiger partial charge in [-0.25, -0.2) is 14.4 Å². The monoisotopic (exact) mass is 505 g/mol. The van der Waals surface area contributed by atoms with Gasteiger partial charge >= 0.3 is 18.2 Å². The minimum Gasteiger partial charge on any atom is -0.489 e. The van der Waals surface area contributed by atoms with E-state index < -0.39 is 24.3 Å². The molecular formula is C29H31NO7. The van der Waals surface area contributed by atoms with Crippen LogP contribution in [0.25, 0.3) is 0 Å². The van der Waals surface area contributed by atoms with Crippen LogP contribution >= 0.6 is 0 Å². The van der Waals surface area contributed by atoms with Gasteiger partial charge in [0.25, 0.3) is 0 Å².